The van der Waals surface area contributed by atoms with E-state index < -0.39 is 5.41 Å². The van der Waals surface area contributed by atoms with Crippen molar-refractivity contribution in [1.82, 2.24) is 19.7 Å². The Morgan fingerprint density at radius 1 is 1.39 bits per heavy atom. The molecule has 0 amide bonds. The van der Waals surface area contributed by atoms with Crippen LogP contribution in [0.15, 0.2) is 30.6 Å². The normalized spacial score (nSPS) is 17.3. The highest BCUT2D eigenvalue weighted by Gasteiger charge is 2.36. The van der Waals surface area contributed by atoms with Crippen molar-refractivity contribution in [3.05, 3.63) is 47.4 Å². The minimum Gasteiger partial charge on any atom is -0.395 e. The molecule has 2 aromatic heterocycles. The molecule has 1 aliphatic rings. The zero-order valence-electron chi connectivity index (χ0n) is 18.3. The molecule has 8 nitrogen and oxygen atoms in total. The Labute approximate surface area is 182 Å². The number of nitrogens with one attached hydrogen (secondary N) is 2. The number of aromatic nitrogens is 4. The van der Waals surface area contributed by atoms with Gasteiger partial charge in [0.25, 0.3) is 0 Å². The highest BCUT2D eigenvalue weighted by molar-refractivity contribution is 5.76. The lowest BCUT2D eigenvalue weighted by Gasteiger charge is -2.21. The number of benzene rings is 1. The van der Waals surface area contributed by atoms with Crippen molar-refractivity contribution in [3.8, 4) is 17.3 Å². The van der Waals surface area contributed by atoms with Crippen LogP contribution in [-0.2, 0) is 18.9 Å². The summed E-state index contributed by atoms with van der Waals surface area (Å²) in [4.78, 5) is 9.06. The van der Waals surface area contributed by atoms with Gasteiger partial charge >= 0.3 is 0 Å². The molecule has 160 valence electrons. The number of hydrogen-bond acceptors (Lipinski definition) is 7. The van der Waals surface area contributed by atoms with E-state index in [-0.39, 0.29) is 6.61 Å². The smallest absolute Gasteiger partial charge is 0.227 e. The Balaban J connectivity index is 1.71. The molecule has 0 unspecified atom stereocenters. The Hall–Kier alpha value is -3.44. The van der Waals surface area contributed by atoms with Crippen molar-refractivity contribution >= 4 is 17.3 Å². The number of aryl methyl sites for hydroxylation is 1. The third-order valence-electron chi connectivity index (χ3n) is 5.77. The summed E-state index contributed by atoms with van der Waals surface area (Å²) < 4.78 is 1.87. The Morgan fingerprint density at radius 2 is 2.19 bits per heavy atom. The molecular weight excluding hydrogens is 390 g/mol. The first-order chi connectivity index (χ1) is 14.8. The van der Waals surface area contributed by atoms with E-state index in [2.05, 4.69) is 40.6 Å². The predicted molar refractivity (Wildman–Crippen MR) is 120 cm³/mol. The van der Waals surface area contributed by atoms with Crippen LogP contribution in [0.2, 0.25) is 0 Å². The molecule has 0 saturated heterocycles. The van der Waals surface area contributed by atoms with E-state index >= 15 is 0 Å². The summed E-state index contributed by atoms with van der Waals surface area (Å²) in [5.41, 5.74) is 5.34. The molecule has 4 rings (SSSR count). The number of rotatable bonds is 6. The van der Waals surface area contributed by atoms with Crippen LogP contribution >= 0.6 is 0 Å². The van der Waals surface area contributed by atoms with Crippen LogP contribution in [0, 0.1) is 17.2 Å². The highest BCUT2D eigenvalue weighted by Crippen LogP contribution is 2.41. The predicted octanol–water partition coefficient (Wildman–Crippen LogP) is 3.37. The second-order valence-electron chi connectivity index (χ2n) is 8.75. The van der Waals surface area contributed by atoms with Gasteiger partial charge in [-0.2, -0.15) is 10.4 Å². The third kappa shape index (κ3) is 3.84. The van der Waals surface area contributed by atoms with Gasteiger partial charge in [0.15, 0.2) is 0 Å². The summed E-state index contributed by atoms with van der Waals surface area (Å²) in [5.74, 6) is 0.964. The second kappa shape index (κ2) is 8.00. The minimum absolute atomic E-state index is 0.00244. The summed E-state index contributed by atoms with van der Waals surface area (Å²) in [7, 11) is 1.93. The van der Waals surface area contributed by atoms with Gasteiger partial charge in [-0.15, -0.1) is 0 Å². The maximum absolute atomic E-state index is 9.93. The van der Waals surface area contributed by atoms with Gasteiger partial charge in [0.05, 0.1) is 41.1 Å². The summed E-state index contributed by atoms with van der Waals surface area (Å²) in [5, 5.41) is 30.5. The Morgan fingerprint density at radius 3 is 2.90 bits per heavy atom. The van der Waals surface area contributed by atoms with Gasteiger partial charge in [-0.05, 0) is 36.1 Å². The zero-order chi connectivity index (χ0) is 22.2. The number of nitriles is 1. The van der Waals surface area contributed by atoms with Crippen LogP contribution in [0.1, 0.15) is 37.6 Å². The topological polar surface area (TPSA) is 112 Å². The minimum atomic E-state index is -0.438. The van der Waals surface area contributed by atoms with Gasteiger partial charge in [-0.3, -0.25) is 4.68 Å². The quantitative estimate of drug-likeness (QED) is 0.564. The fourth-order valence-electron chi connectivity index (χ4n) is 3.96. The van der Waals surface area contributed by atoms with Crippen LogP contribution in [0.4, 0.5) is 17.3 Å². The van der Waals surface area contributed by atoms with E-state index in [0.29, 0.717) is 29.7 Å². The van der Waals surface area contributed by atoms with Gasteiger partial charge < -0.3 is 15.7 Å². The second-order valence-corrected chi connectivity index (χ2v) is 8.75. The number of anilines is 3. The number of nitrogens with zero attached hydrogens (tertiary/aromatic N) is 5. The summed E-state index contributed by atoms with van der Waals surface area (Å²) in [6.07, 6.45) is 4.38. The van der Waals surface area contributed by atoms with Gasteiger partial charge in [0, 0.05) is 30.8 Å². The molecule has 1 aromatic carbocycles. The molecule has 3 aromatic rings. The molecular formula is C23H27N7O. The van der Waals surface area contributed by atoms with Gasteiger partial charge in [-0.1, -0.05) is 20.8 Å². The molecule has 3 heterocycles. The van der Waals surface area contributed by atoms with E-state index in [0.717, 1.165) is 34.6 Å². The molecule has 31 heavy (non-hydrogen) atoms. The average molecular weight is 418 g/mol. The van der Waals surface area contributed by atoms with Crippen molar-refractivity contribution in [1.29, 1.82) is 5.26 Å². The van der Waals surface area contributed by atoms with Crippen LogP contribution < -0.4 is 10.6 Å². The lowest BCUT2D eigenvalue weighted by Crippen LogP contribution is -2.28. The molecule has 0 spiro atoms. The van der Waals surface area contributed by atoms with E-state index in [1.807, 2.05) is 36.9 Å². The maximum atomic E-state index is 9.93. The molecule has 3 N–H and O–H groups in total. The lowest BCUT2D eigenvalue weighted by molar-refractivity contribution is 0.219. The first-order valence-electron chi connectivity index (χ1n) is 10.4. The van der Waals surface area contributed by atoms with Crippen molar-refractivity contribution in [3.63, 3.8) is 0 Å². The molecule has 1 atom stereocenters. The SMILES string of the molecule is CC(C)Cc1c(Nc2nccc(-c3cc(C#N)c4c(c3)[C@@](C)(CO)CN4)n2)cnn1C. The van der Waals surface area contributed by atoms with Gasteiger partial charge in [-0.25, -0.2) is 9.97 Å². The first-order valence-corrected chi connectivity index (χ1v) is 10.4. The third-order valence-corrected chi connectivity index (χ3v) is 5.77. The van der Waals surface area contributed by atoms with Crippen molar-refractivity contribution in [2.45, 2.75) is 32.6 Å². The van der Waals surface area contributed by atoms with E-state index in [1.165, 1.54) is 0 Å². The molecule has 0 fully saturated rings. The van der Waals surface area contributed by atoms with E-state index in [4.69, 9.17) is 4.98 Å². The zero-order valence-corrected chi connectivity index (χ0v) is 18.3. The van der Waals surface area contributed by atoms with E-state index in [1.54, 1.807) is 12.4 Å². The number of aliphatic hydroxyl groups is 1. The molecule has 0 saturated carbocycles. The summed E-state index contributed by atoms with van der Waals surface area (Å²) >= 11 is 0. The highest BCUT2D eigenvalue weighted by atomic mass is 16.3. The first kappa shape index (κ1) is 20.8. The van der Waals surface area contributed by atoms with Crippen LogP contribution in [0.3, 0.4) is 0 Å². The summed E-state index contributed by atoms with van der Waals surface area (Å²) in [6, 6.07) is 7.93. The molecule has 1 aliphatic heterocycles. The van der Waals surface area contributed by atoms with Crippen molar-refractivity contribution in [2.75, 3.05) is 23.8 Å². The molecule has 8 heteroatoms. The van der Waals surface area contributed by atoms with Gasteiger partial charge in [0.2, 0.25) is 5.95 Å². The Bertz CT molecular complexity index is 1160. The Kier molecular flexibility index (Phi) is 5.38. The van der Waals surface area contributed by atoms with E-state index in [9.17, 15) is 10.4 Å². The molecule has 0 bridgehead atoms. The molecule has 0 radical (unpaired) electrons. The van der Waals surface area contributed by atoms with Crippen molar-refractivity contribution < 1.29 is 5.11 Å². The average Bonchev–Trinajstić information content (AvgIpc) is 3.28. The van der Waals surface area contributed by atoms with Crippen LogP contribution in [-0.4, -0.2) is 38.0 Å². The number of aliphatic hydroxyl groups excluding tert-OH is 1. The monoisotopic (exact) mass is 417 g/mol. The lowest BCUT2D eigenvalue weighted by atomic mass is 9.83. The van der Waals surface area contributed by atoms with Crippen LogP contribution in [0.5, 0.6) is 0 Å². The standard InChI is InChI=1S/C23H27N7O/c1-14(2)7-20-19(11-27-30(20)4)29-22-25-6-5-18(28-22)15-8-16(10-24)21-17(9-15)23(3,13-31)12-26-21/h5-6,8-9,11,14,26,31H,7,12-13H2,1-4H3,(H,25,28,29)/t23-/m1/s1. The van der Waals surface area contributed by atoms with Gasteiger partial charge in [0.1, 0.15) is 6.07 Å². The number of hydrogen-bond donors (Lipinski definition) is 3. The van der Waals surface area contributed by atoms with Crippen molar-refractivity contribution in [2.24, 2.45) is 13.0 Å². The number of fused-ring (bicyclic) bond motifs is 1. The molecule has 0 aliphatic carbocycles. The summed E-state index contributed by atoms with van der Waals surface area (Å²) in [6.45, 7) is 6.92. The fourth-order valence-corrected chi connectivity index (χ4v) is 3.96. The van der Waals surface area contributed by atoms with Crippen LogP contribution in [0.25, 0.3) is 11.3 Å². The fraction of sp³-hybridized carbons (Fsp3) is 0.391. The maximum Gasteiger partial charge on any atom is 0.227 e. The largest absolute Gasteiger partial charge is 0.395 e.